The van der Waals surface area contributed by atoms with E-state index in [-0.39, 0.29) is 12.2 Å². The van der Waals surface area contributed by atoms with E-state index < -0.39 is 24.3 Å². The zero-order valence-corrected chi connectivity index (χ0v) is 10.6. The van der Waals surface area contributed by atoms with Crippen LogP contribution in [0.25, 0.3) is 0 Å². The molecule has 0 bridgehead atoms. The topological polar surface area (TPSA) is 34.2 Å². The number of hydrogen-bond donors (Lipinski definition) is 1. The molecule has 0 atom stereocenters. The molecule has 1 aromatic rings. The van der Waals surface area contributed by atoms with Gasteiger partial charge < -0.3 is 10.1 Å². The molecule has 1 heterocycles. The summed E-state index contributed by atoms with van der Waals surface area (Å²) in [4.78, 5) is 3.53. The molecular weight excluding hydrogens is 290 g/mol. The first-order valence-corrected chi connectivity index (χ1v) is 5.46. The first-order chi connectivity index (χ1) is 9.04. The van der Waals surface area contributed by atoms with Crippen LogP contribution < -0.4 is 10.1 Å². The van der Waals surface area contributed by atoms with E-state index in [1.807, 2.05) is 0 Å². The van der Waals surface area contributed by atoms with Gasteiger partial charge in [-0.05, 0) is 25.6 Å². The van der Waals surface area contributed by atoms with E-state index in [1.165, 1.54) is 13.0 Å². The second-order valence-corrected chi connectivity index (χ2v) is 4.07. The minimum atomic E-state index is -5.56. The lowest BCUT2D eigenvalue weighted by Gasteiger charge is -2.23. The molecule has 20 heavy (non-hydrogen) atoms. The van der Waals surface area contributed by atoms with Crippen LogP contribution >= 0.6 is 0 Å². The molecule has 0 amide bonds. The second kappa shape index (κ2) is 5.86. The zero-order valence-electron chi connectivity index (χ0n) is 10.6. The monoisotopic (exact) mass is 302 g/mol. The van der Waals surface area contributed by atoms with Gasteiger partial charge in [0.05, 0.1) is 0 Å². The van der Waals surface area contributed by atoms with Crippen LogP contribution in [0.2, 0.25) is 0 Å². The Morgan fingerprint density at radius 2 is 1.70 bits per heavy atom. The first-order valence-electron chi connectivity index (χ1n) is 5.46. The van der Waals surface area contributed by atoms with Gasteiger partial charge in [0.2, 0.25) is 5.88 Å². The summed E-state index contributed by atoms with van der Waals surface area (Å²) in [6.45, 7) is 1.71. The minimum absolute atomic E-state index is 0.260. The first kappa shape index (κ1) is 16.5. The van der Waals surface area contributed by atoms with Crippen LogP contribution in [0.1, 0.15) is 11.3 Å². The number of pyridine rings is 1. The van der Waals surface area contributed by atoms with E-state index in [0.29, 0.717) is 5.56 Å². The van der Waals surface area contributed by atoms with E-state index in [0.717, 1.165) is 6.07 Å². The molecule has 0 saturated heterocycles. The lowest BCUT2D eigenvalue weighted by atomic mass is 10.2. The maximum atomic E-state index is 12.4. The molecule has 3 nitrogen and oxygen atoms in total. The van der Waals surface area contributed by atoms with Gasteiger partial charge in [-0.25, -0.2) is 4.98 Å². The summed E-state index contributed by atoms with van der Waals surface area (Å²) in [5, 5.41) is 2.72. The van der Waals surface area contributed by atoms with Crippen molar-refractivity contribution in [2.75, 3.05) is 7.05 Å². The van der Waals surface area contributed by atoms with Crippen LogP contribution in [0.3, 0.4) is 0 Å². The van der Waals surface area contributed by atoms with Crippen LogP contribution in [0, 0.1) is 6.92 Å². The van der Waals surface area contributed by atoms with E-state index in [2.05, 4.69) is 15.0 Å². The molecule has 1 rings (SSSR count). The molecule has 0 unspecified atom stereocenters. The van der Waals surface area contributed by atoms with Crippen molar-refractivity contribution in [2.45, 2.75) is 31.9 Å². The molecule has 0 radical (unpaired) electrons. The highest BCUT2D eigenvalue weighted by atomic mass is 19.4. The van der Waals surface area contributed by atoms with Gasteiger partial charge in [0.15, 0.2) is 0 Å². The van der Waals surface area contributed by atoms with Gasteiger partial charge in [-0.15, -0.1) is 0 Å². The van der Waals surface area contributed by atoms with Crippen molar-refractivity contribution in [3.63, 3.8) is 0 Å². The van der Waals surface area contributed by atoms with Gasteiger partial charge in [-0.2, -0.15) is 26.3 Å². The Labute approximate surface area is 110 Å². The minimum Gasteiger partial charge on any atom is -0.455 e. The molecule has 1 aromatic heterocycles. The molecule has 1 N–H and O–H groups in total. The van der Waals surface area contributed by atoms with Crippen LogP contribution in [0.15, 0.2) is 12.1 Å². The lowest BCUT2D eigenvalue weighted by Crippen LogP contribution is -2.46. The van der Waals surface area contributed by atoms with Gasteiger partial charge in [0.25, 0.3) is 6.10 Å². The summed E-state index contributed by atoms with van der Waals surface area (Å²) >= 11 is 0. The zero-order chi connectivity index (χ0) is 15.6. The van der Waals surface area contributed by atoms with Crippen molar-refractivity contribution in [2.24, 2.45) is 0 Å². The summed E-state index contributed by atoms with van der Waals surface area (Å²) in [5.41, 5.74) is 0.731. The lowest BCUT2D eigenvalue weighted by molar-refractivity contribution is -0.300. The second-order valence-electron chi connectivity index (χ2n) is 4.07. The van der Waals surface area contributed by atoms with Crippen molar-refractivity contribution in [1.82, 2.24) is 10.3 Å². The standard InChI is InChI=1S/C11H12F6N2O/c1-6-3-7(5-18-2)4-8(19-6)20-9(10(12,13)14)11(15,16)17/h3-4,9,18H,5H2,1-2H3. The number of rotatable bonds is 4. The average Bonchev–Trinajstić information content (AvgIpc) is 2.22. The number of nitrogens with zero attached hydrogens (tertiary/aromatic N) is 1. The highest BCUT2D eigenvalue weighted by molar-refractivity contribution is 5.25. The predicted molar refractivity (Wildman–Crippen MR) is 58.3 cm³/mol. The fourth-order valence-corrected chi connectivity index (χ4v) is 1.51. The highest BCUT2D eigenvalue weighted by Gasteiger charge is 2.59. The third kappa shape index (κ3) is 4.55. The number of aryl methyl sites for hydroxylation is 1. The van der Waals surface area contributed by atoms with E-state index >= 15 is 0 Å². The van der Waals surface area contributed by atoms with Gasteiger partial charge in [-0.3, -0.25) is 0 Å². The van der Waals surface area contributed by atoms with Crippen molar-refractivity contribution in [1.29, 1.82) is 0 Å². The van der Waals surface area contributed by atoms with Gasteiger partial charge >= 0.3 is 12.4 Å². The molecule has 0 fully saturated rings. The van der Waals surface area contributed by atoms with Gasteiger partial charge in [0.1, 0.15) is 0 Å². The van der Waals surface area contributed by atoms with Crippen LogP contribution in [-0.4, -0.2) is 30.5 Å². The number of halogens is 6. The molecule has 0 aliphatic rings. The Hall–Kier alpha value is -1.51. The fraction of sp³-hybridized carbons (Fsp3) is 0.545. The van der Waals surface area contributed by atoms with Gasteiger partial charge in [0, 0.05) is 18.3 Å². The number of aromatic nitrogens is 1. The molecule has 0 aliphatic carbocycles. The maximum Gasteiger partial charge on any atom is 0.434 e. The Morgan fingerprint density at radius 1 is 1.15 bits per heavy atom. The molecule has 9 heteroatoms. The fourth-order valence-electron chi connectivity index (χ4n) is 1.51. The summed E-state index contributed by atoms with van der Waals surface area (Å²) in [7, 11) is 1.59. The smallest absolute Gasteiger partial charge is 0.434 e. The summed E-state index contributed by atoms with van der Waals surface area (Å²) in [6.07, 6.45) is -15.0. The molecule has 0 spiro atoms. The van der Waals surface area contributed by atoms with Crippen molar-refractivity contribution in [3.8, 4) is 5.88 Å². The molecule has 0 aliphatic heterocycles. The normalized spacial score (nSPS) is 12.8. The summed E-state index contributed by atoms with van der Waals surface area (Å²) < 4.78 is 78.2. The Balaban J connectivity index is 3.05. The largest absolute Gasteiger partial charge is 0.455 e. The Morgan fingerprint density at radius 3 is 2.15 bits per heavy atom. The molecule has 114 valence electrons. The van der Waals surface area contributed by atoms with E-state index in [4.69, 9.17) is 0 Å². The quantitative estimate of drug-likeness (QED) is 0.868. The van der Waals surface area contributed by atoms with Crippen molar-refractivity contribution >= 4 is 0 Å². The SMILES string of the molecule is CNCc1cc(C)nc(OC(C(F)(F)F)C(F)(F)F)c1. The van der Waals surface area contributed by atoms with Crippen LogP contribution in [-0.2, 0) is 6.54 Å². The molecule has 0 aromatic carbocycles. The van der Waals surface area contributed by atoms with E-state index in [1.54, 1.807) is 7.05 Å². The van der Waals surface area contributed by atoms with Crippen molar-refractivity contribution < 1.29 is 31.1 Å². The third-order valence-electron chi connectivity index (χ3n) is 2.20. The number of ether oxygens (including phenoxy) is 1. The Bertz CT molecular complexity index is 443. The van der Waals surface area contributed by atoms with Crippen LogP contribution in [0.4, 0.5) is 26.3 Å². The van der Waals surface area contributed by atoms with Crippen molar-refractivity contribution in [3.05, 3.63) is 23.4 Å². The van der Waals surface area contributed by atoms with Crippen LogP contribution in [0.5, 0.6) is 5.88 Å². The van der Waals surface area contributed by atoms with E-state index in [9.17, 15) is 26.3 Å². The maximum absolute atomic E-state index is 12.4. The molecular formula is C11H12F6N2O. The summed E-state index contributed by atoms with van der Waals surface area (Å²) in [5.74, 6) is -0.713. The number of alkyl halides is 6. The van der Waals surface area contributed by atoms with Gasteiger partial charge in [-0.1, -0.05) is 0 Å². The number of nitrogens with one attached hydrogen (secondary N) is 1. The predicted octanol–water partition coefficient (Wildman–Crippen LogP) is 2.98. The highest BCUT2D eigenvalue weighted by Crippen LogP contribution is 2.36. The Kier molecular flexibility index (Phi) is 4.85. The molecule has 0 saturated carbocycles. The third-order valence-corrected chi connectivity index (χ3v) is 2.20. The summed E-state index contributed by atoms with van der Waals surface area (Å²) in [6, 6.07) is 2.56. The average molecular weight is 302 g/mol. The number of hydrogen-bond acceptors (Lipinski definition) is 3.